The predicted octanol–water partition coefficient (Wildman–Crippen LogP) is 2.62. The van der Waals surface area contributed by atoms with Gasteiger partial charge in [-0.15, -0.1) is 0 Å². The Kier molecular flexibility index (Phi) is 12.6. The van der Waals surface area contributed by atoms with E-state index in [9.17, 15) is 0 Å². The van der Waals surface area contributed by atoms with Crippen molar-refractivity contribution >= 4 is 9.52 Å². The van der Waals surface area contributed by atoms with Gasteiger partial charge in [-0.1, -0.05) is 39.7 Å². The molecule has 0 amide bonds. The Hall–Kier alpha value is 0.0969. The monoisotopic (exact) mass is 259 g/mol. The van der Waals surface area contributed by atoms with E-state index in [-0.39, 0.29) is 5.91 Å². The summed E-state index contributed by atoms with van der Waals surface area (Å²) >= 11 is 0. The van der Waals surface area contributed by atoms with Crippen molar-refractivity contribution in [3.8, 4) is 0 Å². The Bertz CT molecular complexity index is 148. The van der Waals surface area contributed by atoms with E-state index in [1.54, 1.807) is 0 Å². The highest BCUT2D eigenvalue weighted by atomic mass is 28.2. The third kappa shape index (κ3) is 10.9. The second kappa shape index (κ2) is 12.6. The van der Waals surface area contributed by atoms with Gasteiger partial charge in [-0.2, -0.15) is 0 Å². The Labute approximate surface area is 109 Å². The minimum absolute atomic E-state index is 0.00194. The van der Waals surface area contributed by atoms with Gasteiger partial charge in [0.25, 0.3) is 0 Å². The molecule has 0 aliphatic rings. The SMILES string of the molecule is CCCCOC(OCCCC)[Si]CC(C)CN. The van der Waals surface area contributed by atoms with Crippen molar-refractivity contribution in [2.45, 2.75) is 58.4 Å². The topological polar surface area (TPSA) is 44.5 Å². The molecule has 4 heteroatoms. The second-order valence-corrected chi connectivity index (χ2v) is 5.82. The highest BCUT2D eigenvalue weighted by Crippen LogP contribution is 2.06. The van der Waals surface area contributed by atoms with E-state index in [1.165, 1.54) is 12.8 Å². The van der Waals surface area contributed by atoms with Crippen molar-refractivity contribution in [1.82, 2.24) is 0 Å². The van der Waals surface area contributed by atoms with E-state index < -0.39 is 0 Å². The summed E-state index contributed by atoms with van der Waals surface area (Å²) in [4.78, 5) is 0. The first kappa shape index (κ1) is 17.1. The first-order valence-electron chi connectivity index (χ1n) is 6.91. The molecule has 0 heterocycles. The van der Waals surface area contributed by atoms with Gasteiger partial charge < -0.3 is 15.2 Å². The molecule has 0 aromatic heterocycles. The Morgan fingerprint density at radius 3 is 2.00 bits per heavy atom. The molecule has 0 fully saturated rings. The maximum absolute atomic E-state index is 5.77. The fourth-order valence-electron chi connectivity index (χ4n) is 1.22. The van der Waals surface area contributed by atoms with Crippen LogP contribution in [-0.2, 0) is 9.47 Å². The molecule has 0 aliphatic carbocycles. The molecule has 1 unspecified atom stereocenters. The summed E-state index contributed by atoms with van der Waals surface area (Å²) in [6, 6.07) is 1.11. The van der Waals surface area contributed by atoms with Gasteiger partial charge in [0, 0.05) is 13.2 Å². The third-order valence-corrected chi connectivity index (χ3v) is 4.17. The minimum atomic E-state index is 0.00194. The molecular formula is C13H29NO2Si. The minimum Gasteiger partial charge on any atom is -0.357 e. The molecule has 0 aliphatic heterocycles. The van der Waals surface area contributed by atoms with Crippen LogP contribution in [0.5, 0.6) is 0 Å². The normalized spacial score (nSPS) is 13.2. The molecule has 2 radical (unpaired) electrons. The molecule has 0 aromatic carbocycles. The van der Waals surface area contributed by atoms with Gasteiger partial charge in [0.1, 0.15) is 15.4 Å². The standard InChI is InChI=1S/C13H29NO2Si/c1-4-6-8-15-13(16-9-7-5-2)17-11-12(3)10-14/h12-13H,4-11,14H2,1-3H3. The van der Waals surface area contributed by atoms with Gasteiger partial charge in [0.2, 0.25) is 0 Å². The molecule has 102 valence electrons. The number of hydrogen-bond donors (Lipinski definition) is 1. The molecule has 0 spiro atoms. The van der Waals surface area contributed by atoms with Gasteiger partial charge in [0.15, 0.2) is 0 Å². The molecule has 3 nitrogen and oxygen atoms in total. The Balaban J connectivity index is 3.75. The van der Waals surface area contributed by atoms with Crippen molar-refractivity contribution in [1.29, 1.82) is 0 Å². The summed E-state index contributed by atoms with van der Waals surface area (Å²) in [7, 11) is 0.709. The van der Waals surface area contributed by atoms with Crippen LogP contribution >= 0.6 is 0 Å². The third-order valence-electron chi connectivity index (χ3n) is 2.57. The summed E-state index contributed by atoms with van der Waals surface area (Å²) in [6.45, 7) is 8.92. The summed E-state index contributed by atoms with van der Waals surface area (Å²) < 4.78 is 11.5. The van der Waals surface area contributed by atoms with E-state index in [2.05, 4.69) is 20.8 Å². The number of hydrogen-bond acceptors (Lipinski definition) is 3. The van der Waals surface area contributed by atoms with Crippen LogP contribution in [0.15, 0.2) is 0 Å². The number of unbranched alkanes of at least 4 members (excludes halogenated alkanes) is 2. The zero-order valence-electron chi connectivity index (χ0n) is 11.7. The fourth-order valence-corrected chi connectivity index (χ4v) is 2.45. The maximum Gasteiger partial charge on any atom is 0.137 e. The van der Waals surface area contributed by atoms with Crippen LogP contribution in [-0.4, -0.2) is 35.2 Å². The van der Waals surface area contributed by atoms with Crippen LogP contribution in [0.25, 0.3) is 0 Å². The number of nitrogens with two attached hydrogens (primary N) is 1. The summed E-state index contributed by atoms with van der Waals surface area (Å²) in [5.41, 5.74) is 5.62. The average molecular weight is 259 g/mol. The van der Waals surface area contributed by atoms with Gasteiger partial charge in [-0.05, 0) is 25.3 Å². The van der Waals surface area contributed by atoms with E-state index in [0.29, 0.717) is 15.4 Å². The van der Waals surface area contributed by atoms with E-state index in [1.807, 2.05) is 0 Å². The molecule has 0 saturated heterocycles. The Morgan fingerprint density at radius 2 is 1.59 bits per heavy atom. The van der Waals surface area contributed by atoms with Gasteiger partial charge in [-0.3, -0.25) is 0 Å². The Morgan fingerprint density at radius 1 is 1.06 bits per heavy atom. The van der Waals surface area contributed by atoms with Crippen LogP contribution in [0.2, 0.25) is 6.04 Å². The van der Waals surface area contributed by atoms with Crippen molar-refractivity contribution in [3.05, 3.63) is 0 Å². The van der Waals surface area contributed by atoms with Gasteiger partial charge >= 0.3 is 0 Å². The van der Waals surface area contributed by atoms with Crippen LogP contribution in [0, 0.1) is 5.92 Å². The lowest BCUT2D eigenvalue weighted by atomic mass is 10.2. The van der Waals surface area contributed by atoms with Crippen molar-refractivity contribution in [2.24, 2.45) is 11.7 Å². The molecule has 0 saturated carbocycles. The van der Waals surface area contributed by atoms with Crippen molar-refractivity contribution in [2.75, 3.05) is 19.8 Å². The van der Waals surface area contributed by atoms with E-state index >= 15 is 0 Å². The van der Waals surface area contributed by atoms with Crippen molar-refractivity contribution < 1.29 is 9.47 Å². The summed E-state index contributed by atoms with van der Waals surface area (Å²) in [5, 5.41) is 0. The smallest absolute Gasteiger partial charge is 0.137 e. The maximum atomic E-state index is 5.77. The largest absolute Gasteiger partial charge is 0.357 e. The van der Waals surface area contributed by atoms with Gasteiger partial charge in [-0.25, -0.2) is 0 Å². The summed E-state index contributed by atoms with van der Waals surface area (Å²) in [6.07, 6.45) is 4.57. The zero-order valence-corrected chi connectivity index (χ0v) is 12.7. The second-order valence-electron chi connectivity index (χ2n) is 4.53. The van der Waals surface area contributed by atoms with Crippen LogP contribution < -0.4 is 5.73 Å². The van der Waals surface area contributed by atoms with E-state index in [0.717, 1.165) is 38.6 Å². The highest BCUT2D eigenvalue weighted by molar-refractivity contribution is 6.36. The molecular weight excluding hydrogens is 230 g/mol. The fraction of sp³-hybridized carbons (Fsp3) is 1.00. The highest BCUT2D eigenvalue weighted by Gasteiger charge is 2.12. The van der Waals surface area contributed by atoms with Crippen molar-refractivity contribution in [3.63, 3.8) is 0 Å². The molecule has 17 heavy (non-hydrogen) atoms. The van der Waals surface area contributed by atoms with Crippen LogP contribution in [0.1, 0.15) is 46.5 Å². The lowest BCUT2D eigenvalue weighted by Gasteiger charge is -2.19. The number of ether oxygens (including phenoxy) is 2. The molecule has 2 N–H and O–H groups in total. The quantitative estimate of drug-likeness (QED) is 0.333. The average Bonchev–Trinajstić information content (AvgIpc) is 2.35. The predicted molar refractivity (Wildman–Crippen MR) is 74.3 cm³/mol. The molecule has 0 rings (SSSR count). The lowest BCUT2D eigenvalue weighted by Crippen LogP contribution is -2.28. The zero-order chi connectivity index (χ0) is 12.9. The first-order valence-corrected chi connectivity index (χ1v) is 8.19. The lowest BCUT2D eigenvalue weighted by molar-refractivity contribution is -0.0922. The molecule has 0 aromatic rings. The van der Waals surface area contributed by atoms with Gasteiger partial charge in [0.05, 0.1) is 0 Å². The summed E-state index contributed by atoms with van der Waals surface area (Å²) in [5.74, 6) is 0.572. The first-order chi connectivity index (χ1) is 8.24. The van der Waals surface area contributed by atoms with E-state index in [4.69, 9.17) is 15.2 Å². The van der Waals surface area contributed by atoms with Crippen LogP contribution in [0.4, 0.5) is 0 Å². The molecule has 1 atom stereocenters. The number of rotatable bonds is 12. The van der Waals surface area contributed by atoms with Crippen LogP contribution in [0.3, 0.4) is 0 Å². The molecule has 0 bridgehead atoms.